The molecule has 0 radical (unpaired) electrons. The second-order valence-corrected chi connectivity index (χ2v) is 13.3. The van der Waals surface area contributed by atoms with E-state index in [9.17, 15) is 24.3 Å². The Labute approximate surface area is 270 Å². The van der Waals surface area contributed by atoms with Gasteiger partial charge in [0.15, 0.2) is 5.78 Å². The lowest BCUT2D eigenvalue weighted by molar-refractivity contribution is -0.120. The number of carbonyl (C=O) groups is 4. The van der Waals surface area contributed by atoms with Gasteiger partial charge in [0, 0.05) is 33.4 Å². The molecule has 9 heteroatoms. The third-order valence-corrected chi connectivity index (χ3v) is 9.37. The van der Waals surface area contributed by atoms with E-state index in [-0.39, 0.29) is 46.5 Å². The number of nitrogens with two attached hydrogens (primary N) is 1. The maximum atomic E-state index is 14.2. The van der Waals surface area contributed by atoms with Crippen molar-refractivity contribution in [2.24, 2.45) is 29.4 Å². The number of aliphatic hydroxyl groups is 1. The van der Waals surface area contributed by atoms with Crippen LogP contribution in [0, 0.1) is 23.7 Å². The number of nitrogens with one attached hydrogen (secondary N) is 1. The van der Waals surface area contributed by atoms with Crippen molar-refractivity contribution >= 4 is 40.5 Å². The first-order valence-electron chi connectivity index (χ1n) is 15.5. The first-order valence-corrected chi connectivity index (χ1v) is 16.3. The minimum atomic E-state index is -0.908. The molecule has 0 spiro atoms. The lowest BCUT2D eigenvalue weighted by Crippen LogP contribution is -2.35. The molecule has 6 atom stereocenters. The Hall–Kier alpha value is -3.82. The number of hydrogen-bond acceptors (Lipinski definition) is 7. The molecule has 0 saturated heterocycles. The van der Waals surface area contributed by atoms with Gasteiger partial charge < -0.3 is 20.9 Å². The Morgan fingerprint density at radius 2 is 1.87 bits per heavy atom. The summed E-state index contributed by atoms with van der Waals surface area (Å²) >= 11 is 1.33. The molecule has 1 aromatic rings. The van der Waals surface area contributed by atoms with Crippen molar-refractivity contribution in [1.82, 2.24) is 5.32 Å². The highest BCUT2D eigenvalue weighted by Gasteiger charge is 2.37. The van der Waals surface area contributed by atoms with E-state index in [1.807, 2.05) is 46.1 Å². The summed E-state index contributed by atoms with van der Waals surface area (Å²) in [6, 6.07) is 3.58. The van der Waals surface area contributed by atoms with Gasteiger partial charge in [-0.2, -0.15) is 0 Å². The van der Waals surface area contributed by atoms with E-state index in [0.717, 1.165) is 5.57 Å². The van der Waals surface area contributed by atoms with Crippen molar-refractivity contribution in [2.45, 2.75) is 79.4 Å². The Morgan fingerprint density at radius 1 is 1.16 bits per heavy atom. The number of carbonyl (C=O) groups excluding carboxylic acids is 4. The number of hydrogen-bond donors (Lipinski definition) is 3. The van der Waals surface area contributed by atoms with Gasteiger partial charge >= 0.3 is 6.09 Å². The van der Waals surface area contributed by atoms with Crippen molar-refractivity contribution in [3.05, 3.63) is 87.3 Å². The number of allylic oxidation sites excluding steroid dienone is 6. The van der Waals surface area contributed by atoms with Gasteiger partial charge in [-0.15, -0.1) is 17.9 Å². The average Bonchev–Trinajstić information content (AvgIpc) is 3.51. The predicted octanol–water partition coefficient (Wildman–Crippen LogP) is 6.60. The summed E-state index contributed by atoms with van der Waals surface area (Å²) in [5, 5.41) is 15.9. The van der Waals surface area contributed by atoms with E-state index < -0.39 is 24.2 Å². The highest BCUT2D eigenvalue weighted by Crippen LogP contribution is 2.38. The highest BCUT2D eigenvalue weighted by molar-refractivity contribution is 7.11. The van der Waals surface area contributed by atoms with Crippen LogP contribution < -0.4 is 11.1 Å². The largest absolute Gasteiger partial charge is 0.441 e. The zero-order valence-corrected chi connectivity index (χ0v) is 27.9. The molecule has 1 aliphatic carbocycles. The number of fused-ring (bicyclic) bond motifs is 2. The van der Waals surface area contributed by atoms with Crippen LogP contribution in [0.5, 0.6) is 0 Å². The normalized spacial score (nSPS) is 30.6. The van der Waals surface area contributed by atoms with E-state index in [1.54, 1.807) is 43.4 Å². The number of primary amides is 1. The van der Waals surface area contributed by atoms with Gasteiger partial charge in [0.25, 0.3) is 5.91 Å². The fraction of sp³-hybridized carbons (Fsp3) is 0.444. The van der Waals surface area contributed by atoms with E-state index in [4.69, 9.17) is 10.5 Å². The SMILES string of the molecule is C=CCCC1=C2C[C@@H](C)C[C@H](C)[C@H](O)[C@@H](C)/C=C(\C)[C@H](OC(N)=O)[C@@H](C)/C=C\C=C(/C)C(=O)NC(=C(c3cccs3)C1=O)C2=O. The van der Waals surface area contributed by atoms with Gasteiger partial charge in [-0.25, -0.2) is 4.79 Å². The van der Waals surface area contributed by atoms with Gasteiger partial charge in [0.05, 0.1) is 11.7 Å². The average molecular weight is 635 g/mol. The van der Waals surface area contributed by atoms with Crippen molar-refractivity contribution in [3.8, 4) is 0 Å². The molecule has 2 aliphatic rings. The van der Waals surface area contributed by atoms with Crippen LogP contribution in [0.4, 0.5) is 4.79 Å². The maximum Gasteiger partial charge on any atom is 0.405 e. The highest BCUT2D eigenvalue weighted by atomic mass is 32.1. The molecule has 2 amide bonds. The van der Waals surface area contributed by atoms with Gasteiger partial charge in [-0.05, 0) is 68.4 Å². The molecule has 0 fully saturated rings. The van der Waals surface area contributed by atoms with E-state index >= 15 is 0 Å². The minimum Gasteiger partial charge on any atom is -0.441 e. The molecule has 8 nitrogen and oxygen atoms in total. The molecule has 242 valence electrons. The predicted molar refractivity (Wildman–Crippen MR) is 179 cm³/mol. The number of amides is 2. The Balaban J connectivity index is 2.16. The van der Waals surface area contributed by atoms with E-state index in [1.165, 1.54) is 11.3 Å². The fourth-order valence-corrected chi connectivity index (χ4v) is 6.91. The molecular weight excluding hydrogens is 588 g/mol. The van der Waals surface area contributed by atoms with Crippen LogP contribution in [0.1, 0.15) is 72.1 Å². The third-order valence-electron chi connectivity index (χ3n) is 8.48. The number of aliphatic hydroxyl groups excluding tert-OH is 1. The standard InChI is InChI=1S/C36H46N2O6S/c1-8-9-14-26-27-18-20(2)17-23(5)31(39)24(6)19-25(7)34(44-36(37)43)21(3)12-10-13-22(4)35(42)38-30(33(27)41)29(32(26)40)28-15-11-16-45-28/h8,10-13,15-16,19-21,23-24,31,34,39H,1,9,14,17-18H2,2-7H3,(H2,37,43)(H,38,42)/b12-10-,22-13+,25-19+/t20-,21-,23-,24-,31-,34+/m0/s1. The summed E-state index contributed by atoms with van der Waals surface area (Å²) in [5.41, 5.74) is 7.48. The lowest BCUT2D eigenvalue weighted by atomic mass is 9.78. The van der Waals surface area contributed by atoms with Crippen molar-refractivity contribution < 1.29 is 29.0 Å². The van der Waals surface area contributed by atoms with Gasteiger partial charge in [-0.3, -0.25) is 14.4 Å². The van der Waals surface area contributed by atoms with Crippen molar-refractivity contribution in [1.29, 1.82) is 0 Å². The van der Waals surface area contributed by atoms with Gasteiger partial charge in [0.1, 0.15) is 11.8 Å². The number of rotatable bonds is 5. The Morgan fingerprint density at radius 3 is 2.49 bits per heavy atom. The van der Waals surface area contributed by atoms with Crippen LogP contribution in [0.3, 0.4) is 0 Å². The Kier molecular flexibility index (Phi) is 12.6. The monoisotopic (exact) mass is 634 g/mol. The zero-order valence-electron chi connectivity index (χ0n) is 27.1. The molecular formula is C36H46N2O6S. The molecule has 0 unspecified atom stereocenters. The van der Waals surface area contributed by atoms with Crippen LogP contribution in [0.25, 0.3) is 5.57 Å². The summed E-state index contributed by atoms with van der Waals surface area (Å²) in [5.74, 6) is -1.92. The summed E-state index contributed by atoms with van der Waals surface area (Å²) in [7, 11) is 0. The second kappa shape index (κ2) is 16.0. The van der Waals surface area contributed by atoms with Crippen LogP contribution in [-0.2, 0) is 19.1 Å². The molecule has 2 bridgehead atoms. The van der Waals surface area contributed by atoms with Crippen LogP contribution >= 0.6 is 11.3 Å². The smallest absolute Gasteiger partial charge is 0.405 e. The zero-order chi connectivity index (χ0) is 33.4. The van der Waals surface area contributed by atoms with Crippen LogP contribution in [0.2, 0.25) is 0 Å². The van der Waals surface area contributed by atoms with E-state index in [2.05, 4.69) is 11.9 Å². The minimum absolute atomic E-state index is 0.0172. The molecule has 3 rings (SSSR count). The summed E-state index contributed by atoms with van der Waals surface area (Å²) < 4.78 is 5.46. The maximum absolute atomic E-state index is 14.2. The lowest BCUT2D eigenvalue weighted by Gasteiger charge is -2.29. The van der Waals surface area contributed by atoms with Gasteiger partial charge in [-0.1, -0.05) is 64.1 Å². The number of ketones is 2. The molecule has 1 aliphatic heterocycles. The van der Waals surface area contributed by atoms with Crippen LogP contribution in [-0.4, -0.2) is 40.9 Å². The van der Waals surface area contributed by atoms with Crippen molar-refractivity contribution in [3.63, 3.8) is 0 Å². The number of Topliss-reactive ketones (excluding diaryl/α,β-unsaturated/α-hetero) is 2. The first kappa shape index (κ1) is 35.7. The number of ether oxygens (including phenoxy) is 1. The Bertz CT molecular complexity index is 1460. The summed E-state index contributed by atoms with van der Waals surface area (Å²) in [6.07, 6.45) is 8.19. The molecule has 2 heterocycles. The fourth-order valence-electron chi connectivity index (χ4n) is 6.14. The second-order valence-electron chi connectivity index (χ2n) is 12.4. The molecule has 45 heavy (non-hydrogen) atoms. The molecule has 4 N–H and O–H groups in total. The topological polar surface area (TPSA) is 136 Å². The van der Waals surface area contributed by atoms with Crippen molar-refractivity contribution in [2.75, 3.05) is 0 Å². The molecule has 0 saturated carbocycles. The van der Waals surface area contributed by atoms with Gasteiger partial charge in [0.2, 0.25) is 5.78 Å². The summed E-state index contributed by atoms with van der Waals surface area (Å²) in [4.78, 5) is 54.2. The molecule has 0 aromatic carbocycles. The quantitative estimate of drug-likeness (QED) is 0.247. The molecule has 1 aromatic heterocycles. The summed E-state index contributed by atoms with van der Waals surface area (Å²) in [6.45, 7) is 15.0. The van der Waals surface area contributed by atoms with Crippen LogP contribution in [0.15, 0.2) is 82.5 Å². The number of thiophene rings is 1. The first-order chi connectivity index (χ1) is 21.3. The van der Waals surface area contributed by atoms with E-state index in [0.29, 0.717) is 47.3 Å². The third kappa shape index (κ3) is 8.89.